The molecule has 2 aromatic heterocycles. The van der Waals surface area contributed by atoms with E-state index in [1.54, 1.807) is 13.1 Å². The number of esters is 1. The van der Waals surface area contributed by atoms with E-state index in [1.807, 2.05) is 60.2 Å². The molecule has 0 spiro atoms. The summed E-state index contributed by atoms with van der Waals surface area (Å²) in [7, 11) is 0. The number of carbonyl (C=O) groups excluding carboxylic acids is 1. The average Bonchev–Trinajstić information content (AvgIpc) is 3.07. The molecule has 3 rings (SSSR count). The zero-order valence-electron chi connectivity index (χ0n) is 15.5. The molecule has 0 aliphatic rings. The number of nitrogens with zero attached hydrogens (tertiary/aromatic N) is 2. The summed E-state index contributed by atoms with van der Waals surface area (Å²) in [5, 5.41) is 0. The molecule has 27 heavy (non-hydrogen) atoms. The Morgan fingerprint density at radius 1 is 1.15 bits per heavy atom. The van der Waals surface area contributed by atoms with Crippen molar-refractivity contribution in [2.24, 2.45) is 5.73 Å². The first kappa shape index (κ1) is 18.7. The number of rotatable bonds is 7. The van der Waals surface area contributed by atoms with Gasteiger partial charge >= 0.3 is 5.97 Å². The Morgan fingerprint density at radius 2 is 1.93 bits per heavy atom. The number of hydrogen-bond acceptors (Lipinski definition) is 5. The van der Waals surface area contributed by atoms with E-state index in [0.717, 1.165) is 16.8 Å². The van der Waals surface area contributed by atoms with Gasteiger partial charge in [0.2, 0.25) is 5.88 Å². The van der Waals surface area contributed by atoms with Crippen LogP contribution in [0.4, 0.5) is 0 Å². The molecular weight excluding hydrogens is 342 g/mol. The van der Waals surface area contributed by atoms with Gasteiger partial charge in [0.05, 0.1) is 12.2 Å². The molecule has 0 aliphatic carbocycles. The molecule has 0 fully saturated rings. The lowest BCUT2D eigenvalue weighted by Gasteiger charge is -2.07. The minimum absolute atomic E-state index is 0.330. The third-order valence-corrected chi connectivity index (χ3v) is 4.01. The second-order valence-electron chi connectivity index (χ2n) is 6.08. The van der Waals surface area contributed by atoms with Crippen LogP contribution in [-0.4, -0.2) is 28.7 Å². The van der Waals surface area contributed by atoms with Gasteiger partial charge in [0, 0.05) is 42.8 Å². The fourth-order valence-corrected chi connectivity index (χ4v) is 2.79. The average molecular weight is 365 g/mol. The summed E-state index contributed by atoms with van der Waals surface area (Å²) < 4.78 is 12.9. The SMILES string of the molecule is CCOC(=O)c1cn(CCN)cc1-c1ccc(Oc2cccc(C)n2)cc1. The van der Waals surface area contributed by atoms with Crippen LogP contribution in [0.1, 0.15) is 23.0 Å². The molecular formula is C21H23N3O3. The van der Waals surface area contributed by atoms with Crippen molar-refractivity contribution in [2.75, 3.05) is 13.2 Å². The van der Waals surface area contributed by atoms with Crippen molar-refractivity contribution in [2.45, 2.75) is 20.4 Å². The number of benzene rings is 1. The molecule has 2 heterocycles. The molecule has 0 aliphatic heterocycles. The quantitative estimate of drug-likeness (QED) is 0.645. The third-order valence-electron chi connectivity index (χ3n) is 4.01. The fourth-order valence-electron chi connectivity index (χ4n) is 2.79. The highest BCUT2D eigenvalue weighted by molar-refractivity contribution is 5.97. The summed E-state index contributed by atoms with van der Waals surface area (Å²) in [4.78, 5) is 16.6. The molecule has 0 saturated carbocycles. The maximum atomic E-state index is 12.3. The number of ether oxygens (including phenoxy) is 2. The summed E-state index contributed by atoms with van der Waals surface area (Å²) in [6.07, 6.45) is 3.69. The van der Waals surface area contributed by atoms with Crippen LogP contribution in [0.25, 0.3) is 11.1 Å². The summed E-state index contributed by atoms with van der Waals surface area (Å²) in [5.74, 6) is 0.882. The van der Waals surface area contributed by atoms with Gasteiger partial charge in [-0.05, 0) is 37.6 Å². The second-order valence-corrected chi connectivity index (χ2v) is 6.08. The van der Waals surface area contributed by atoms with Crippen LogP contribution in [0, 0.1) is 6.92 Å². The predicted octanol–water partition coefficient (Wildman–Crippen LogP) is 3.79. The largest absolute Gasteiger partial charge is 0.462 e. The smallest absolute Gasteiger partial charge is 0.340 e. The van der Waals surface area contributed by atoms with Gasteiger partial charge in [-0.1, -0.05) is 18.2 Å². The Kier molecular flexibility index (Phi) is 5.88. The highest BCUT2D eigenvalue weighted by Gasteiger charge is 2.17. The number of nitrogens with two attached hydrogens (primary N) is 1. The standard InChI is InChI=1S/C21H23N3O3/c1-3-26-21(25)19-14-24(12-11-22)13-18(19)16-7-9-17(10-8-16)27-20-6-4-5-15(2)23-20/h4-10,13-14H,3,11-12,22H2,1-2H3. The van der Waals surface area contributed by atoms with Crippen molar-refractivity contribution >= 4 is 5.97 Å². The van der Waals surface area contributed by atoms with Crippen LogP contribution >= 0.6 is 0 Å². The molecule has 0 saturated heterocycles. The molecule has 140 valence electrons. The van der Waals surface area contributed by atoms with Gasteiger partial charge < -0.3 is 19.8 Å². The van der Waals surface area contributed by atoms with E-state index in [1.165, 1.54) is 0 Å². The number of aromatic nitrogens is 2. The van der Waals surface area contributed by atoms with E-state index in [4.69, 9.17) is 15.2 Å². The maximum Gasteiger partial charge on any atom is 0.340 e. The molecule has 3 aromatic rings. The fraction of sp³-hybridized carbons (Fsp3) is 0.238. The van der Waals surface area contributed by atoms with E-state index >= 15 is 0 Å². The first-order chi connectivity index (χ1) is 13.1. The zero-order valence-corrected chi connectivity index (χ0v) is 15.5. The van der Waals surface area contributed by atoms with Crippen LogP contribution in [0.15, 0.2) is 54.9 Å². The zero-order chi connectivity index (χ0) is 19.2. The van der Waals surface area contributed by atoms with E-state index in [-0.39, 0.29) is 5.97 Å². The monoisotopic (exact) mass is 365 g/mol. The van der Waals surface area contributed by atoms with E-state index in [9.17, 15) is 4.79 Å². The van der Waals surface area contributed by atoms with Crippen LogP contribution in [0.3, 0.4) is 0 Å². The van der Waals surface area contributed by atoms with Gasteiger partial charge in [0.25, 0.3) is 0 Å². The predicted molar refractivity (Wildman–Crippen MR) is 104 cm³/mol. The minimum Gasteiger partial charge on any atom is -0.462 e. The Morgan fingerprint density at radius 3 is 2.59 bits per heavy atom. The van der Waals surface area contributed by atoms with Crippen LogP contribution in [-0.2, 0) is 11.3 Å². The normalized spacial score (nSPS) is 10.6. The van der Waals surface area contributed by atoms with Gasteiger partial charge in [-0.25, -0.2) is 9.78 Å². The van der Waals surface area contributed by atoms with Crippen molar-refractivity contribution in [1.82, 2.24) is 9.55 Å². The first-order valence-electron chi connectivity index (χ1n) is 8.89. The molecule has 0 bridgehead atoms. The summed E-state index contributed by atoms with van der Waals surface area (Å²) in [5.41, 5.74) is 8.77. The first-order valence-corrected chi connectivity index (χ1v) is 8.89. The Labute approximate surface area is 158 Å². The summed E-state index contributed by atoms with van der Waals surface area (Å²) in [6.45, 7) is 5.16. The van der Waals surface area contributed by atoms with Crippen molar-refractivity contribution < 1.29 is 14.3 Å². The maximum absolute atomic E-state index is 12.3. The third kappa shape index (κ3) is 4.54. The van der Waals surface area contributed by atoms with Crippen molar-refractivity contribution in [1.29, 1.82) is 0 Å². The van der Waals surface area contributed by atoms with Crippen LogP contribution < -0.4 is 10.5 Å². The molecule has 6 nitrogen and oxygen atoms in total. The Bertz CT molecular complexity index is 917. The summed E-state index contributed by atoms with van der Waals surface area (Å²) >= 11 is 0. The minimum atomic E-state index is -0.340. The Balaban J connectivity index is 1.86. The molecule has 1 aromatic carbocycles. The van der Waals surface area contributed by atoms with Crippen molar-refractivity contribution in [3.63, 3.8) is 0 Å². The highest BCUT2D eigenvalue weighted by atomic mass is 16.5. The number of carbonyl (C=O) groups is 1. The number of aryl methyl sites for hydroxylation is 1. The van der Waals surface area contributed by atoms with Gasteiger partial charge in [-0.2, -0.15) is 0 Å². The lowest BCUT2D eigenvalue weighted by atomic mass is 10.0. The van der Waals surface area contributed by atoms with Crippen LogP contribution in [0.2, 0.25) is 0 Å². The number of hydrogen-bond donors (Lipinski definition) is 1. The topological polar surface area (TPSA) is 79.4 Å². The van der Waals surface area contributed by atoms with Crippen molar-refractivity contribution in [3.05, 3.63) is 66.1 Å². The van der Waals surface area contributed by atoms with E-state index < -0.39 is 0 Å². The van der Waals surface area contributed by atoms with Gasteiger partial charge in [-0.15, -0.1) is 0 Å². The molecule has 6 heteroatoms. The van der Waals surface area contributed by atoms with Gasteiger partial charge in [0.1, 0.15) is 5.75 Å². The lowest BCUT2D eigenvalue weighted by Crippen LogP contribution is -2.08. The lowest BCUT2D eigenvalue weighted by molar-refractivity contribution is 0.0527. The number of pyridine rings is 1. The summed E-state index contributed by atoms with van der Waals surface area (Å²) in [6, 6.07) is 13.2. The van der Waals surface area contributed by atoms with Gasteiger partial charge in [-0.3, -0.25) is 0 Å². The molecule has 0 amide bonds. The van der Waals surface area contributed by atoms with Crippen molar-refractivity contribution in [3.8, 4) is 22.8 Å². The molecule has 0 atom stereocenters. The molecule has 0 unspecified atom stereocenters. The van der Waals surface area contributed by atoms with Crippen LogP contribution in [0.5, 0.6) is 11.6 Å². The Hall–Kier alpha value is -3.12. The van der Waals surface area contributed by atoms with E-state index in [0.29, 0.717) is 36.9 Å². The molecule has 2 N–H and O–H groups in total. The van der Waals surface area contributed by atoms with E-state index in [2.05, 4.69) is 4.98 Å². The van der Waals surface area contributed by atoms with Gasteiger partial charge in [0.15, 0.2) is 0 Å². The molecule has 0 radical (unpaired) electrons. The highest BCUT2D eigenvalue weighted by Crippen LogP contribution is 2.29. The second kappa shape index (κ2) is 8.51.